The van der Waals surface area contributed by atoms with Gasteiger partial charge in [0.25, 0.3) is 17.7 Å². The van der Waals surface area contributed by atoms with Crippen molar-refractivity contribution in [2.75, 3.05) is 7.05 Å². The van der Waals surface area contributed by atoms with Crippen LogP contribution >= 0.6 is 15.9 Å². The molecule has 7 heteroatoms. The third-order valence-electron chi connectivity index (χ3n) is 3.80. The molecule has 122 valence electrons. The van der Waals surface area contributed by atoms with Crippen LogP contribution in [0.1, 0.15) is 36.6 Å². The maximum absolute atomic E-state index is 13.3. The van der Waals surface area contributed by atoms with Gasteiger partial charge in [-0.05, 0) is 42.0 Å². The number of benzene rings is 2. The van der Waals surface area contributed by atoms with Crippen molar-refractivity contribution in [3.05, 3.63) is 68.9 Å². The van der Waals surface area contributed by atoms with Crippen molar-refractivity contribution >= 4 is 33.7 Å². The molecule has 0 saturated carbocycles. The van der Waals surface area contributed by atoms with E-state index in [1.807, 2.05) is 0 Å². The van der Waals surface area contributed by atoms with Crippen molar-refractivity contribution in [1.82, 2.24) is 10.2 Å². The van der Waals surface area contributed by atoms with Crippen LogP contribution in [0.4, 0.5) is 4.39 Å². The van der Waals surface area contributed by atoms with Gasteiger partial charge in [0.15, 0.2) is 0 Å². The van der Waals surface area contributed by atoms with Crippen LogP contribution in [-0.2, 0) is 6.54 Å². The molecule has 0 spiro atoms. The first-order valence-corrected chi connectivity index (χ1v) is 7.86. The maximum atomic E-state index is 13.3. The highest BCUT2D eigenvalue weighted by Gasteiger charge is 2.33. The second-order valence-corrected chi connectivity index (χ2v) is 6.20. The number of halogens is 2. The second-order valence-electron chi connectivity index (χ2n) is 5.35. The zero-order chi connectivity index (χ0) is 17.4. The summed E-state index contributed by atoms with van der Waals surface area (Å²) in [7, 11) is 1.39. The van der Waals surface area contributed by atoms with E-state index in [1.54, 1.807) is 6.07 Å². The lowest BCUT2D eigenvalue weighted by Gasteiger charge is -2.08. The van der Waals surface area contributed by atoms with E-state index in [0.29, 0.717) is 10.0 Å². The lowest BCUT2D eigenvalue weighted by atomic mass is 10.1. The molecule has 0 bridgehead atoms. The topological polar surface area (TPSA) is 66.5 Å². The summed E-state index contributed by atoms with van der Waals surface area (Å²) < 4.78 is 13.9. The third-order valence-corrected chi connectivity index (χ3v) is 4.57. The van der Waals surface area contributed by atoms with Crippen LogP contribution in [0.5, 0.6) is 0 Å². The molecule has 1 heterocycles. The Balaban J connectivity index is 1.78. The molecule has 2 aromatic rings. The van der Waals surface area contributed by atoms with Crippen LogP contribution in [0.25, 0.3) is 0 Å². The van der Waals surface area contributed by atoms with Crippen molar-refractivity contribution in [3.63, 3.8) is 0 Å². The van der Waals surface area contributed by atoms with E-state index in [4.69, 9.17) is 0 Å². The molecule has 5 nitrogen and oxygen atoms in total. The molecule has 1 N–H and O–H groups in total. The monoisotopic (exact) mass is 390 g/mol. The SMILES string of the molecule is CN1C(=O)c2ccc(C(=O)NCc3cc(F)ccc3Br)cc2C1=O. The van der Waals surface area contributed by atoms with E-state index in [9.17, 15) is 18.8 Å². The van der Waals surface area contributed by atoms with Crippen LogP contribution in [0, 0.1) is 5.82 Å². The number of nitrogens with zero attached hydrogens (tertiary/aromatic N) is 1. The summed E-state index contributed by atoms with van der Waals surface area (Å²) in [4.78, 5) is 37.1. The molecule has 0 fully saturated rings. The summed E-state index contributed by atoms with van der Waals surface area (Å²) in [5, 5.41) is 2.67. The molecule has 2 aromatic carbocycles. The number of rotatable bonds is 3. The number of carbonyl (C=O) groups is 3. The molecule has 0 saturated heterocycles. The molecule has 0 atom stereocenters. The van der Waals surface area contributed by atoms with Crippen LogP contribution in [0.15, 0.2) is 40.9 Å². The van der Waals surface area contributed by atoms with Gasteiger partial charge in [-0.15, -0.1) is 0 Å². The van der Waals surface area contributed by atoms with Gasteiger partial charge in [0, 0.05) is 23.6 Å². The highest BCUT2D eigenvalue weighted by Crippen LogP contribution is 2.23. The van der Waals surface area contributed by atoms with Gasteiger partial charge in [-0.3, -0.25) is 19.3 Å². The average molecular weight is 391 g/mol. The smallest absolute Gasteiger partial charge is 0.261 e. The molecular formula is C17H12BrFN2O3. The van der Waals surface area contributed by atoms with Gasteiger partial charge in [-0.2, -0.15) is 0 Å². The number of amides is 3. The van der Waals surface area contributed by atoms with Crippen LogP contribution in [0.3, 0.4) is 0 Å². The Morgan fingerprint density at radius 3 is 2.58 bits per heavy atom. The van der Waals surface area contributed by atoms with E-state index >= 15 is 0 Å². The second kappa shape index (κ2) is 6.16. The molecular weight excluding hydrogens is 379 g/mol. The predicted octanol–water partition coefficient (Wildman–Crippen LogP) is 2.74. The Hall–Kier alpha value is -2.54. The normalized spacial score (nSPS) is 13.2. The van der Waals surface area contributed by atoms with Crippen LogP contribution in [0.2, 0.25) is 0 Å². The molecule has 24 heavy (non-hydrogen) atoms. The molecule has 3 rings (SSSR count). The first-order valence-electron chi connectivity index (χ1n) is 7.07. The molecule has 3 amide bonds. The molecule has 1 aliphatic rings. The molecule has 0 aliphatic carbocycles. The summed E-state index contributed by atoms with van der Waals surface area (Å²) >= 11 is 3.29. The largest absolute Gasteiger partial charge is 0.348 e. The minimum atomic E-state index is -0.433. The summed E-state index contributed by atoms with van der Waals surface area (Å²) in [6.45, 7) is 0.126. The van der Waals surface area contributed by atoms with Crippen LogP contribution in [-0.4, -0.2) is 29.7 Å². The van der Waals surface area contributed by atoms with Crippen molar-refractivity contribution in [3.8, 4) is 0 Å². The van der Waals surface area contributed by atoms with Gasteiger partial charge in [-0.25, -0.2) is 4.39 Å². The van der Waals surface area contributed by atoms with E-state index in [0.717, 1.165) is 4.90 Å². The van der Waals surface area contributed by atoms with Crippen molar-refractivity contribution in [2.45, 2.75) is 6.54 Å². The zero-order valence-electron chi connectivity index (χ0n) is 12.6. The first-order chi connectivity index (χ1) is 11.4. The van der Waals surface area contributed by atoms with Gasteiger partial charge in [0.1, 0.15) is 5.82 Å². The Morgan fingerprint density at radius 2 is 1.83 bits per heavy atom. The number of imide groups is 1. The van der Waals surface area contributed by atoms with E-state index in [-0.39, 0.29) is 29.1 Å². The minimum absolute atomic E-state index is 0.126. The third kappa shape index (κ3) is 2.82. The Kier molecular flexibility index (Phi) is 4.19. The number of fused-ring (bicyclic) bond motifs is 1. The quantitative estimate of drug-likeness (QED) is 0.819. The molecule has 0 unspecified atom stereocenters. The van der Waals surface area contributed by atoms with Gasteiger partial charge >= 0.3 is 0 Å². The van der Waals surface area contributed by atoms with Crippen molar-refractivity contribution < 1.29 is 18.8 Å². The summed E-state index contributed by atoms with van der Waals surface area (Å²) in [6, 6.07) is 8.55. The highest BCUT2D eigenvalue weighted by molar-refractivity contribution is 9.10. The maximum Gasteiger partial charge on any atom is 0.261 e. The number of nitrogens with one attached hydrogen (secondary N) is 1. The summed E-state index contributed by atoms with van der Waals surface area (Å²) in [6.07, 6.45) is 0. The minimum Gasteiger partial charge on any atom is -0.348 e. The average Bonchev–Trinajstić information content (AvgIpc) is 2.79. The van der Waals surface area contributed by atoms with Gasteiger partial charge in [-0.1, -0.05) is 15.9 Å². The predicted molar refractivity (Wildman–Crippen MR) is 88.1 cm³/mol. The number of hydrogen-bond acceptors (Lipinski definition) is 3. The Labute approximate surface area is 145 Å². The lowest BCUT2D eigenvalue weighted by Crippen LogP contribution is -2.24. The fraction of sp³-hybridized carbons (Fsp3) is 0.118. The highest BCUT2D eigenvalue weighted by atomic mass is 79.9. The lowest BCUT2D eigenvalue weighted by molar-refractivity contribution is 0.0693. The van der Waals surface area contributed by atoms with Crippen molar-refractivity contribution in [1.29, 1.82) is 0 Å². The molecule has 0 radical (unpaired) electrons. The summed E-state index contributed by atoms with van der Waals surface area (Å²) in [5.41, 5.74) is 1.35. The number of hydrogen-bond donors (Lipinski definition) is 1. The molecule has 0 aromatic heterocycles. The zero-order valence-corrected chi connectivity index (χ0v) is 14.2. The summed E-state index contributed by atoms with van der Waals surface area (Å²) in [5.74, 6) is -1.63. The van der Waals surface area contributed by atoms with Gasteiger partial charge in [0.05, 0.1) is 11.1 Å². The molecule has 1 aliphatic heterocycles. The van der Waals surface area contributed by atoms with Crippen LogP contribution < -0.4 is 5.32 Å². The standard InChI is InChI=1S/C17H12BrFN2O3/c1-21-16(23)12-4-2-9(7-13(12)17(21)24)15(22)20-8-10-6-11(19)3-5-14(10)18/h2-7H,8H2,1H3,(H,20,22). The van der Waals surface area contributed by atoms with E-state index in [1.165, 1.54) is 37.4 Å². The van der Waals surface area contributed by atoms with E-state index in [2.05, 4.69) is 21.2 Å². The van der Waals surface area contributed by atoms with Gasteiger partial charge in [0.2, 0.25) is 0 Å². The fourth-order valence-corrected chi connectivity index (χ4v) is 2.85. The van der Waals surface area contributed by atoms with E-state index < -0.39 is 17.6 Å². The van der Waals surface area contributed by atoms with Gasteiger partial charge < -0.3 is 5.32 Å². The first kappa shape index (κ1) is 16.3. The fourth-order valence-electron chi connectivity index (χ4n) is 2.46. The Morgan fingerprint density at radius 1 is 1.12 bits per heavy atom. The van der Waals surface area contributed by atoms with Crippen molar-refractivity contribution in [2.24, 2.45) is 0 Å². The Bertz CT molecular complexity index is 882. The number of carbonyl (C=O) groups excluding carboxylic acids is 3.